The number of nitrogens with zero attached hydrogens (tertiary/aromatic N) is 1. The standard InChI is InChI=1S/C17H21FN2/c1-14-7-9-16(10-8-14)19-11-12-20(2)13-15-5-3-4-6-17(15)18/h3-10,19H,11-13H2,1-2H3. The van der Waals surface area contributed by atoms with Gasteiger partial charge in [0, 0.05) is 30.9 Å². The number of rotatable bonds is 6. The van der Waals surface area contributed by atoms with E-state index >= 15 is 0 Å². The molecule has 0 saturated carbocycles. The van der Waals surface area contributed by atoms with Crippen LogP contribution in [0.3, 0.4) is 0 Å². The normalized spacial score (nSPS) is 10.8. The summed E-state index contributed by atoms with van der Waals surface area (Å²) in [6.45, 7) is 4.41. The monoisotopic (exact) mass is 272 g/mol. The van der Waals surface area contributed by atoms with E-state index in [4.69, 9.17) is 0 Å². The lowest BCUT2D eigenvalue weighted by molar-refractivity contribution is 0.334. The van der Waals surface area contributed by atoms with Crippen LogP contribution in [0.4, 0.5) is 10.1 Å². The Kier molecular flexibility index (Phi) is 5.13. The second-order valence-corrected chi connectivity index (χ2v) is 5.12. The minimum atomic E-state index is -0.133. The molecule has 106 valence electrons. The van der Waals surface area contributed by atoms with Crippen molar-refractivity contribution in [2.75, 3.05) is 25.5 Å². The molecule has 0 aliphatic carbocycles. The molecule has 0 spiro atoms. The molecule has 0 bridgehead atoms. The van der Waals surface area contributed by atoms with E-state index in [1.807, 2.05) is 19.2 Å². The molecule has 0 radical (unpaired) electrons. The zero-order valence-electron chi connectivity index (χ0n) is 12.1. The first kappa shape index (κ1) is 14.5. The van der Waals surface area contributed by atoms with E-state index in [1.165, 1.54) is 11.6 Å². The van der Waals surface area contributed by atoms with Gasteiger partial charge in [-0.25, -0.2) is 4.39 Å². The summed E-state index contributed by atoms with van der Waals surface area (Å²) in [5, 5.41) is 3.37. The van der Waals surface area contributed by atoms with Crippen molar-refractivity contribution in [3.05, 3.63) is 65.5 Å². The smallest absolute Gasteiger partial charge is 0.127 e. The van der Waals surface area contributed by atoms with Gasteiger partial charge < -0.3 is 10.2 Å². The molecular formula is C17H21FN2. The number of anilines is 1. The van der Waals surface area contributed by atoms with Crippen LogP contribution in [0.5, 0.6) is 0 Å². The molecule has 2 aromatic carbocycles. The Hall–Kier alpha value is -1.87. The zero-order chi connectivity index (χ0) is 14.4. The summed E-state index contributed by atoms with van der Waals surface area (Å²) < 4.78 is 13.5. The van der Waals surface area contributed by atoms with Gasteiger partial charge in [0.05, 0.1) is 0 Å². The Morgan fingerprint density at radius 2 is 1.75 bits per heavy atom. The number of nitrogens with one attached hydrogen (secondary N) is 1. The number of benzene rings is 2. The van der Waals surface area contributed by atoms with Crippen molar-refractivity contribution in [2.24, 2.45) is 0 Å². The molecule has 0 aliphatic heterocycles. The first-order valence-corrected chi connectivity index (χ1v) is 6.87. The van der Waals surface area contributed by atoms with E-state index in [-0.39, 0.29) is 5.82 Å². The summed E-state index contributed by atoms with van der Waals surface area (Å²) in [7, 11) is 2.00. The molecule has 1 N–H and O–H groups in total. The van der Waals surface area contributed by atoms with Crippen molar-refractivity contribution in [1.29, 1.82) is 0 Å². The SMILES string of the molecule is Cc1ccc(NCCN(C)Cc2ccccc2F)cc1. The van der Waals surface area contributed by atoms with Crippen LogP contribution in [0.1, 0.15) is 11.1 Å². The fourth-order valence-corrected chi connectivity index (χ4v) is 2.06. The van der Waals surface area contributed by atoms with Gasteiger partial charge in [-0.1, -0.05) is 35.9 Å². The molecule has 2 aromatic rings. The molecule has 0 aromatic heterocycles. The average Bonchev–Trinajstić information content (AvgIpc) is 2.44. The van der Waals surface area contributed by atoms with Crippen molar-refractivity contribution >= 4 is 5.69 Å². The topological polar surface area (TPSA) is 15.3 Å². The summed E-state index contributed by atoms with van der Waals surface area (Å²) in [5.74, 6) is -0.133. The number of hydrogen-bond acceptors (Lipinski definition) is 2. The third kappa shape index (κ3) is 4.35. The van der Waals surface area contributed by atoms with Crippen molar-refractivity contribution < 1.29 is 4.39 Å². The van der Waals surface area contributed by atoms with Crippen LogP contribution in [-0.2, 0) is 6.54 Å². The van der Waals surface area contributed by atoms with E-state index in [0.717, 1.165) is 24.3 Å². The van der Waals surface area contributed by atoms with Crippen LogP contribution >= 0.6 is 0 Å². The maximum Gasteiger partial charge on any atom is 0.127 e. The third-order valence-corrected chi connectivity index (χ3v) is 3.27. The lowest BCUT2D eigenvalue weighted by Gasteiger charge is -2.17. The summed E-state index contributed by atoms with van der Waals surface area (Å²) in [5.41, 5.74) is 3.12. The molecule has 0 unspecified atom stereocenters. The molecule has 2 rings (SSSR count). The van der Waals surface area contributed by atoms with Crippen LogP contribution in [0.2, 0.25) is 0 Å². The lowest BCUT2D eigenvalue weighted by atomic mass is 10.2. The minimum absolute atomic E-state index is 0.133. The van der Waals surface area contributed by atoms with Crippen molar-refractivity contribution in [3.8, 4) is 0 Å². The van der Waals surface area contributed by atoms with Crippen LogP contribution in [0.15, 0.2) is 48.5 Å². The second kappa shape index (κ2) is 7.06. The summed E-state index contributed by atoms with van der Waals surface area (Å²) >= 11 is 0. The Balaban J connectivity index is 1.76. The van der Waals surface area contributed by atoms with Crippen molar-refractivity contribution in [2.45, 2.75) is 13.5 Å². The van der Waals surface area contributed by atoms with E-state index in [1.54, 1.807) is 6.07 Å². The Morgan fingerprint density at radius 1 is 1.05 bits per heavy atom. The lowest BCUT2D eigenvalue weighted by Crippen LogP contribution is -2.25. The van der Waals surface area contributed by atoms with Crippen molar-refractivity contribution in [3.63, 3.8) is 0 Å². The Bertz CT molecular complexity index is 537. The first-order valence-electron chi connectivity index (χ1n) is 6.87. The molecule has 3 heteroatoms. The molecule has 0 amide bonds. The van der Waals surface area contributed by atoms with Crippen LogP contribution in [0.25, 0.3) is 0 Å². The van der Waals surface area contributed by atoms with Gasteiger partial charge in [-0.2, -0.15) is 0 Å². The third-order valence-electron chi connectivity index (χ3n) is 3.27. The molecule has 0 atom stereocenters. The van der Waals surface area contributed by atoms with Gasteiger partial charge in [0.25, 0.3) is 0 Å². The van der Waals surface area contributed by atoms with E-state index < -0.39 is 0 Å². The summed E-state index contributed by atoms with van der Waals surface area (Å²) in [6, 6.07) is 15.3. The van der Waals surface area contributed by atoms with Gasteiger partial charge in [0.1, 0.15) is 5.82 Å². The van der Waals surface area contributed by atoms with Gasteiger partial charge in [-0.15, -0.1) is 0 Å². The molecule has 0 aliphatic rings. The molecule has 0 heterocycles. The van der Waals surface area contributed by atoms with E-state index in [9.17, 15) is 4.39 Å². The van der Waals surface area contributed by atoms with Gasteiger partial charge in [-0.3, -0.25) is 0 Å². The Morgan fingerprint density at radius 3 is 2.45 bits per heavy atom. The van der Waals surface area contributed by atoms with Crippen molar-refractivity contribution in [1.82, 2.24) is 4.90 Å². The predicted octanol–water partition coefficient (Wildman–Crippen LogP) is 3.68. The number of halogens is 1. The number of aryl methyl sites for hydroxylation is 1. The highest BCUT2D eigenvalue weighted by Gasteiger charge is 2.04. The quantitative estimate of drug-likeness (QED) is 0.863. The highest BCUT2D eigenvalue weighted by atomic mass is 19.1. The fraction of sp³-hybridized carbons (Fsp3) is 0.294. The fourth-order valence-electron chi connectivity index (χ4n) is 2.06. The maximum absolute atomic E-state index is 13.5. The van der Waals surface area contributed by atoms with Gasteiger partial charge in [-0.05, 0) is 32.2 Å². The molecular weight excluding hydrogens is 251 g/mol. The van der Waals surface area contributed by atoms with Crippen LogP contribution in [0, 0.1) is 12.7 Å². The van der Waals surface area contributed by atoms with Gasteiger partial charge >= 0.3 is 0 Å². The highest BCUT2D eigenvalue weighted by molar-refractivity contribution is 5.44. The number of likely N-dealkylation sites (N-methyl/N-ethyl adjacent to an activating group) is 1. The zero-order valence-corrected chi connectivity index (χ0v) is 12.1. The highest BCUT2D eigenvalue weighted by Crippen LogP contribution is 2.10. The predicted molar refractivity (Wildman–Crippen MR) is 82.4 cm³/mol. The Labute approximate surface area is 120 Å². The summed E-state index contributed by atoms with van der Waals surface area (Å²) in [4.78, 5) is 2.11. The van der Waals surface area contributed by atoms with E-state index in [2.05, 4.69) is 41.4 Å². The molecule has 0 saturated heterocycles. The number of hydrogen-bond donors (Lipinski definition) is 1. The van der Waals surface area contributed by atoms with E-state index in [0.29, 0.717) is 6.54 Å². The van der Waals surface area contributed by atoms with Crippen LogP contribution in [-0.4, -0.2) is 25.0 Å². The van der Waals surface area contributed by atoms with Gasteiger partial charge in [0.2, 0.25) is 0 Å². The van der Waals surface area contributed by atoms with Gasteiger partial charge in [0.15, 0.2) is 0 Å². The largest absolute Gasteiger partial charge is 0.384 e. The molecule has 2 nitrogen and oxygen atoms in total. The second-order valence-electron chi connectivity index (χ2n) is 5.12. The minimum Gasteiger partial charge on any atom is -0.384 e. The first-order chi connectivity index (χ1) is 9.65. The van der Waals surface area contributed by atoms with Crippen LogP contribution < -0.4 is 5.32 Å². The summed E-state index contributed by atoms with van der Waals surface area (Å²) in [6.07, 6.45) is 0. The molecule has 20 heavy (non-hydrogen) atoms. The maximum atomic E-state index is 13.5. The average molecular weight is 272 g/mol. The molecule has 0 fully saturated rings.